The largest absolute Gasteiger partial charge is 0.483 e. The Morgan fingerprint density at radius 1 is 1.09 bits per heavy atom. The van der Waals surface area contributed by atoms with E-state index in [4.69, 9.17) is 14.2 Å². The van der Waals surface area contributed by atoms with Gasteiger partial charge in [-0.1, -0.05) is 60.7 Å². The lowest BCUT2D eigenvalue weighted by Gasteiger charge is -2.28. The zero-order valence-corrected chi connectivity index (χ0v) is 20.3. The molecule has 0 aliphatic carbocycles. The number of hydrogen-bond acceptors (Lipinski definition) is 5. The van der Waals surface area contributed by atoms with Crippen LogP contribution < -0.4 is 20.2 Å². The van der Waals surface area contributed by atoms with Crippen molar-refractivity contribution >= 4 is 5.91 Å². The van der Waals surface area contributed by atoms with Gasteiger partial charge in [0.25, 0.3) is 0 Å². The van der Waals surface area contributed by atoms with Crippen molar-refractivity contribution in [1.29, 1.82) is 0 Å². The third-order valence-electron chi connectivity index (χ3n) is 5.96. The molecular formula is C28H32N2O5. The van der Waals surface area contributed by atoms with Crippen LogP contribution >= 0.6 is 0 Å². The Balaban J connectivity index is 1.83. The average molecular weight is 477 g/mol. The number of rotatable bonds is 9. The van der Waals surface area contributed by atoms with Gasteiger partial charge in [-0.2, -0.15) is 0 Å². The number of ether oxygens (including phenoxy) is 3. The van der Waals surface area contributed by atoms with Crippen molar-refractivity contribution in [3.05, 3.63) is 82.0 Å². The van der Waals surface area contributed by atoms with Crippen molar-refractivity contribution in [2.45, 2.75) is 52.6 Å². The highest BCUT2D eigenvalue weighted by molar-refractivity contribution is 5.73. The van der Waals surface area contributed by atoms with Crippen LogP contribution in [0.25, 0.3) is 11.3 Å². The van der Waals surface area contributed by atoms with E-state index in [9.17, 15) is 9.59 Å². The smallest absolute Gasteiger partial charge is 0.230 e. The molecule has 7 nitrogen and oxygen atoms in total. The molecule has 0 spiro atoms. The van der Waals surface area contributed by atoms with Gasteiger partial charge in [0.2, 0.25) is 23.5 Å². The second kappa shape index (κ2) is 11.7. The lowest BCUT2D eigenvalue weighted by molar-refractivity contribution is -0.119. The van der Waals surface area contributed by atoms with Gasteiger partial charge in [0.1, 0.15) is 6.61 Å². The van der Waals surface area contributed by atoms with Gasteiger partial charge in [-0.15, -0.1) is 0 Å². The van der Waals surface area contributed by atoms with E-state index in [1.54, 1.807) is 6.92 Å². The Labute approximate surface area is 205 Å². The molecule has 4 rings (SSSR count). The second-order valence-corrected chi connectivity index (χ2v) is 8.63. The van der Waals surface area contributed by atoms with Crippen molar-refractivity contribution in [1.82, 2.24) is 9.88 Å². The minimum absolute atomic E-state index is 0.123. The highest BCUT2D eigenvalue weighted by Gasteiger charge is 2.26. The number of benzene rings is 2. The molecule has 35 heavy (non-hydrogen) atoms. The summed E-state index contributed by atoms with van der Waals surface area (Å²) in [5, 5.41) is 2.85. The molecule has 1 unspecified atom stereocenters. The summed E-state index contributed by atoms with van der Waals surface area (Å²) in [7, 11) is 0. The van der Waals surface area contributed by atoms with Crippen molar-refractivity contribution in [3.8, 4) is 22.9 Å². The highest BCUT2D eigenvalue weighted by Crippen LogP contribution is 2.34. The molecule has 1 saturated heterocycles. The Hall–Kier alpha value is -3.58. The van der Waals surface area contributed by atoms with Crippen LogP contribution in [-0.2, 0) is 22.7 Å². The van der Waals surface area contributed by atoms with Crippen LogP contribution in [0, 0.1) is 6.92 Å². The number of aromatic nitrogens is 1. The van der Waals surface area contributed by atoms with E-state index in [2.05, 4.69) is 5.32 Å². The van der Waals surface area contributed by atoms with Gasteiger partial charge in [-0.05, 0) is 25.3 Å². The summed E-state index contributed by atoms with van der Waals surface area (Å²) >= 11 is 0. The first-order chi connectivity index (χ1) is 17.0. The summed E-state index contributed by atoms with van der Waals surface area (Å²) in [5.41, 5.74) is 2.63. The topological polar surface area (TPSA) is 78.8 Å². The molecule has 1 aliphatic rings. The molecule has 2 heterocycles. The van der Waals surface area contributed by atoms with Crippen molar-refractivity contribution < 1.29 is 19.0 Å². The van der Waals surface area contributed by atoms with Crippen LogP contribution in [0.5, 0.6) is 11.6 Å². The predicted octanol–water partition coefficient (Wildman–Crippen LogP) is 4.44. The maximum absolute atomic E-state index is 13.7. The van der Waals surface area contributed by atoms with E-state index in [1.807, 2.05) is 65.2 Å². The third-order valence-corrected chi connectivity index (χ3v) is 5.96. The zero-order valence-electron chi connectivity index (χ0n) is 20.3. The summed E-state index contributed by atoms with van der Waals surface area (Å²) in [6.45, 7) is 4.89. The van der Waals surface area contributed by atoms with E-state index >= 15 is 0 Å². The summed E-state index contributed by atoms with van der Waals surface area (Å²) in [5.74, 6) is 0.582. The van der Waals surface area contributed by atoms with E-state index in [-0.39, 0.29) is 23.7 Å². The standard InChI is InChI=1S/C28H32N2O5/c1-20-26(32)27(34-19-22-11-5-3-6-12-22)25(23-13-7-4-8-14-23)30(17-16-29-21(2)31)28(20)35-24-15-9-10-18-33-24/h3-8,11-14,24H,9-10,15-19H2,1-2H3,(H,29,31). The van der Waals surface area contributed by atoms with Gasteiger partial charge >= 0.3 is 0 Å². The lowest BCUT2D eigenvalue weighted by Crippen LogP contribution is -2.31. The average Bonchev–Trinajstić information content (AvgIpc) is 2.88. The lowest BCUT2D eigenvalue weighted by atomic mass is 10.1. The first kappa shape index (κ1) is 24.5. The van der Waals surface area contributed by atoms with Gasteiger partial charge in [0, 0.05) is 32.0 Å². The van der Waals surface area contributed by atoms with Crippen LogP contribution in [0.3, 0.4) is 0 Å². The van der Waals surface area contributed by atoms with Crippen LogP contribution in [-0.4, -0.2) is 29.9 Å². The van der Waals surface area contributed by atoms with E-state index in [0.29, 0.717) is 36.8 Å². The monoisotopic (exact) mass is 476 g/mol. The minimum atomic E-state index is -0.423. The number of carbonyl (C=O) groups is 1. The van der Waals surface area contributed by atoms with Gasteiger partial charge in [0.05, 0.1) is 17.9 Å². The third kappa shape index (κ3) is 6.11. The number of hydrogen-bond donors (Lipinski definition) is 1. The normalized spacial score (nSPS) is 15.4. The highest BCUT2D eigenvalue weighted by atomic mass is 16.7. The summed E-state index contributed by atoms with van der Waals surface area (Å²) in [4.78, 5) is 25.2. The molecular weight excluding hydrogens is 444 g/mol. The number of nitrogens with zero attached hydrogens (tertiary/aromatic N) is 1. The summed E-state index contributed by atoms with van der Waals surface area (Å²) in [6.07, 6.45) is 2.33. The van der Waals surface area contributed by atoms with Crippen molar-refractivity contribution in [3.63, 3.8) is 0 Å². The molecule has 0 bridgehead atoms. The van der Waals surface area contributed by atoms with Crippen LogP contribution in [0.2, 0.25) is 0 Å². The molecule has 1 aliphatic heterocycles. The fraction of sp³-hybridized carbons (Fsp3) is 0.357. The van der Waals surface area contributed by atoms with Crippen LogP contribution in [0.4, 0.5) is 0 Å². The molecule has 184 valence electrons. The summed E-state index contributed by atoms with van der Waals surface area (Å²) in [6, 6.07) is 19.4. The minimum Gasteiger partial charge on any atom is -0.483 e. The Morgan fingerprint density at radius 3 is 2.46 bits per heavy atom. The molecule has 1 aromatic heterocycles. The quantitative estimate of drug-likeness (QED) is 0.494. The predicted molar refractivity (Wildman–Crippen MR) is 135 cm³/mol. The van der Waals surface area contributed by atoms with Crippen LogP contribution in [0.15, 0.2) is 65.5 Å². The van der Waals surface area contributed by atoms with Crippen LogP contribution in [0.1, 0.15) is 37.3 Å². The molecule has 1 N–H and O–H groups in total. The zero-order chi connectivity index (χ0) is 24.6. The van der Waals surface area contributed by atoms with Crippen molar-refractivity contribution in [2.24, 2.45) is 0 Å². The number of carbonyl (C=O) groups excluding carboxylic acids is 1. The van der Waals surface area contributed by atoms with E-state index < -0.39 is 6.29 Å². The number of pyridine rings is 1. The van der Waals surface area contributed by atoms with Gasteiger partial charge in [-0.3, -0.25) is 9.59 Å². The second-order valence-electron chi connectivity index (χ2n) is 8.63. The Bertz CT molecular complexity index is 1190. The SMILES string of the molecule is CC(=O)NCCn1c(OC2CCCCO2)c(C)c(=O)c(OCc2ccccc2)c1-c1ccccc1. The van der Waals surface area contributed by atoms with E-state index in [0.717, 1.165) is 30.4 Å². The fourth-order valence-corrected chi connectivity index (χ4v) is 4.19. The first-order valence-electron chi connectivity index (χ1n) is 12.1. The maximum Gasteiger partial charge on any atom is 0.230 e. The molecule has 1 fully saturated rings. The molecule has 3 aromatic rings. The number of amides is 1. The molecule has 7 heteroatoms. The van der Waals surface area contributed by atoms with Gasteiger partial charge < -0.3 is 24.1 Å². The molecule has 0 saturated carbocycles. The fourth-order valence-electron chi connectivity index (χ4n) is 4.19. The van der Waals surface area contributed by atoms with E-state index in [1.165, 1.54) is 6.92 Å². The maximum atomic E-state index is 13.7. The summed E-state index contributed by atoms with van der Waals surface area (Å²) < 4.78 is 20.3. The first-order valence-corrected chi connectivity index (χ1v) is 12.1. The molecule has 0 radical (unpaired) electrons. The Morgan fingerprint density at radius 2 is 1.80 bits per heavy atom. The van der Waals surface area contributed by atoms with Gasteiger partial charge in [0.15, 0.2) is 5.75 Å². The molecule has 1 amide bonds. The molecule has 1 atom stereocenters. The van der Waals surface area contributed by atoms with Crippen molar-refractivity contribution in [2.75, 3.05) is 13.2 Å². The van der Waals surface area contributed by atoms with Gasteiger partial charge in [-0.25, -0.2) is 0 Å². The molecule has 2 aromatic carbocycles. The number of nitrogens with one attached hydrogen (secondary N) is 1. The Kier molecular flexibility index (Phi) is 8.21.